The van der Waals surface area contributed by atoms with E-state index < -0.39 is 17.9 Å². The molecule has 76 valence electrons. The fourth-order valence-electron chi connectivity index (χ4n) is 1.38. The Labute approximate surface area is 76.3 Å². The van der Waals surface area contributed by atoms with Crippen LogP contribution >= 0.6 is 0 Å². The Morgan fingerprint density at radius 1 is 1.54 bits per heavy atom. The van der Waals surface area contributed by atoms with E-state index in [-0.39, 0.29) is 12.8 Å². The smallest absolute Gasteiger partial charge is 0.305 e. The van der Waals surface area contributed by atoms with Crippen molar-refractivity contribution in [2.45, 2.75) is 31.7 Å². The molecule has 0 radical (unpaired) electrons. The summed E-state index contributed by atoms with van der Waals surface area (Å²) in [5.74, 6) is -1.83. The van der Waals surface area contributed by atoms with E-state index in [9.17, 15) is 9.90 Å². The molecule has 0 saturated carbocycles. The van der Waals surface area contributed by atoms with Crippen LogP contribution in [0.25, 0.3) is 0 Å². The summed E-state index contributed by atoms with van der Waals surface area (Å²) >= 11 is 0. The normalized spacial score (nSPS) is 22.9. The highest BCUT2D eigenvalue weighted by Gasteiger charge is 2.33. The van der Waals surface area contributed by atoms with Crippen LogP contribution in [-0.4, -0.2) is 41.3 Å². The molecule has 1 aliphatic rings. The van der Waals surface area contributed by atoms with Gasteiger partial charge in [-0.1, -0.05) is 0 Å². The molecule has 1 aliphatic heterocycles. The van der Waals surface area contributed by atoms with Crippen molar-refractivity contribution >= 4 is 5.97 Å². The number of carbonyl (C=O) groups is 1. The van der Waals surface area contributed by atoms with Crippen LogP contribution in [0.2, 0.25) is 0 Å². The summed E-state index contributed by atoms with van der Waals surface area (Å²) in [6, 6.07) is 0. The Morgan fingerprint density at radius 3 is 2.54 bits per heavy atom. The number of aliphatic hydroxyl groups excluding tert-OH is 1. The molecule has 1 rings (SSSR count). The van der Waals surface area contributed by atoms with Crippen molar-refractivity contribution in [1.29, 1.82) is 0 Å². The van der Waals surface area contributed by atoms with Crippen molar-refractivity contribution in [3.05, 3.63) is 0 Å². The highest BCUT2D eigenvalue weighted by molar-refractivity contribution is 5.67. The van der Waals surface area contributed by atoms with E-state index in [2.05, 4.69) is 0 Å². The summed E-state index contributed by atoms with van der Waals surface area (Å²) in [5.41, 5.74) is 0. The molecule has 1 saturated heterocycles. The summed E-state index contributed by atoms with van der Waals surface area (Å²) in [5, 5.41) is 17.7. The van der Waals surface area contributed by atoms with E-state index in [0.717, 1.165) is 0 Å². The highest BCUT2D eigenvalue weighted by atomic mass is 16.7. The maximum absolute atomic E-state index is 10.2. The van der Waals surface area contributed by atoms with Gasteiger partial charge in [0.05, 0.1) is 25.7 Å². The molecule has 1 heterocycles. The van der Waals surface area contributed by atoms with Crippen LogP contribution < -0.4 is 0 Å². The molecule has 5 nitrogen and oxygen atoms in total. The molecule has 0 aliphatic carbocycles. The molecular weight excluding hydrogens is 176 g/mol. The molecule has 2 N–H and O–H groups in total. The number of aliphatic carboxylic acids is 1. The van der Waals surface area contributed by atoms with Gasteiger partial charge in [-0.15, -0.1) is 0 Å². The standard InChI is InChI=1S/C8H14O5/c1-8(12-2-3-13-8)5-6(9)4-7(10)11/h6,9H,2-5H2,1H3,(H,10,11)/t6-/m0/s1. The molecule has 1 atom stereocenters. The largest absolute Gasteiger partial charge is 0.481 e. The zero-order valence-electron chi connectivity index (χ0n) is 7.52. The van der Waals surface area contributed by atoms with Crippen molar-refractivity contribution in [1.82, 2.24) is 0 Å². The van der Waals surface area contributed by atoms with Gasteiger partial charge >= 0.3 is 5.97 Å². The average molecular weight is 190 g/mol. The summed E-state index contributed by atoms with van der Waals surface area (Å²) in [7, 11) is 0. The molecule has 0 aromatic carbocycles. The predicted octanol–water partition coefficient (Wildman–Crippen LogP) is -0.0249. The molecule has 0 aromatic rings. The number of hydrogen-bond acceptors (Lipinski definition) is 4. The first kappa shape index (κ1) is 10.4. The monoisotopic (exact) mass is 190 g/mol. The van der Waals surface area contributed by atoms with Crippen molar-refractivity contribution in [2.75, 3.05) is 13.2 Å². The van der Waals surface area contributed by atoms with Crippen LogP contribution in [-0.2, 0) is 14.3 Å². The Balaban J connectivity index is 2.33. The third kappa shape index (κ3) is 3.30. The molecule has 0 spiro atoms. The lowest BCUT2D eigenvalue weighted by Gasteiger charge is -2.24. The van der Waals surface area contributed by atoms with Gasteiger partial charge in [-0.25, -0.2) is 0 Å². The fraction of sp³-hybridized carbons (Fsp3) is 0.875. The molecule has 0 aromatic heterocycles. The summed E-state index contributed by atoms with van der Waals surface area (Å²) in [6.45, 7) is 2.69. The molecule has 13 heavy (non-hydrogen) atoms. The maximum Gasteiger partial charge on any atom is 0.305 e. The van der Waals surface area contributed by atoms with Gasteiger partial charge in [-0.2, -0.15) is 0 Å². The Kier molecular flexibility index (Phi) is 3.24. The minimum atomic E-state index is -1.02. The third-order valence-electron chi connectivity index (χ3n) is 1.91. The number of ether oxygens (including phenoxy) is 2. The maximum atomic E-state index is 10.2. The lowest BCUT2D eigenvalue weighted by atomic mass is 10.1. The molecule has 5 heteroatoms. The van der Waals surface area contributed by atoms with Crippen molar-refractivity contribution < 1.29 is 24.5 Å². The van der Waals surface area contributed by atoms with Crippen molar-refractivity contribution in [3.63, 3.8) is 0 Å². The molecule has 1 fully saturated rings. The molecule has 0 bridgehead atoms. The van der Waals surface area contributed by atoms with E-state index in [0.29, 0.717) is 13.2 Å². The van der Waals surface area contributed by atoms with E-state index in [1.54, 1.807) is 6.92 Å². The zero-order chi connectivity index (χ0) is 9.90. The van der Waals surface area contributed by atoms with Gasteiger partial charge in [0.1, 0.15) is 0 Å². The van der Waals surface area contributed by atoms with Crippen molar-refractivity contribution in [3.8, 4) is 0 Å². The second kappa shape index (κ2) is 4.04. The van der Waals surface area contributed by atoms with Gasteiger partial charge in [0.15, 0.2) is 5.79 Å². The fourth-order valence-corrected chi connectivity index (χ4v) is 1.38. The lowest BCUT2D eigenvalue weighted by molar-refractivity contribution is -0.166. The van der Waals surface area contributed by atoms with Gasteiger partial charge in [0.25, 0.3) is 0 Å². The lowest BCUT2D eigenvalue weighted by Crippen LogP contribution is -2.32. The first-order valence-electron chi connectivity index (χ1n) is 4.20. The Bertz CT molecular complexity index is 185. The zero-order valence-corrected chi connectivity index (χ0v) is 7.52. The average Bonchev–Trinajstić information content (AvgIpc) is 2.33. The van der Waals surface area contributed by atoms with Gasteiger partial charge in [-0.3, -0.25) is 4.79 Å². The highest BCUT2D eigenvalue weighted by Crippen LogP contribution is 2.24. The summed E-state index contributed by atoms with van der Waals surface area (Å²) in [6.07, 6.45) is -0.998. The molecule has 0 amide bonds. The number of hydrogen-bond donors (Lipinski definition) is 2. The second-order valence-electron chi connectivity index (χ2n) is 3.29. The van der Waals surface area contributed by atoms with Crippen LogP contribution in [0.5, 0.6) is 0 Å². The SMILES string of the molecule is CC1(C[C@@H](O)CC(=O)O)OCCO1. The number of carboxylic acid groups (broad SMARTS) is 1. The van der Waals surface area contributed by atoms with E-state index in [4.69, 9.17) is 14.6 Å². The second-order valence-corrected chi connectivity index (χ2v) is 3.29. The van der Waals surface area contributed by atoms with Gasteiger partial charge < -0.3 is 19.7 Å². The third-order valence-corrected chi connectivity index (χ3v) is 1.91. The van der Waals surface area contributed by atoms with Crippen LogP contribution in [0.15, 0.2) is 0 Å². The first-order valence-corrected chi connectivity index (χ1v) is 4.20. The van der Waals surface area contributed by atoms with Gasteiger partial charge in [0, 0.05) is 6.42 Å². The summed E-state index contributed by atoms with van der Waals surface area (Å²) in [4.78, 5) is 10.2. The molecular formula is C8H14O5. The number of aliphatic hydroxyl groups is 1. The van der Waals surface area contributed by atoms with E-state index in [1.165, 1.54) is 0 Å². The number of rotatable bonds is 4. The van der Waals surface area contributed by atoms with Crippen LogP contribution in [0, 0.1) is 0 Å². The first-order chi connectivity index (χ1) is 6.02. The van der Waals surface area contributed by atoms with Gasteiger partial charge in [-0.05, 0) is 6.92 Å². The summed E-state index contributed by atoms with van der Waals surface area (Å²) < 4.78 is 10.4. The van der Waals surface area contributed by atoms with Gasteiger partial charge in [0.2, 0.25) is 0 Å². The van der Waals surface area contributed by atoms with Crippen LogP contribution in [0.3, 0.4) is 0 Å². The van der Waals surface area contributed by atoms with Crippen LogP contribution in [0.1, 0.15) is 19.8 Å². The van der Waals surface area contributed by atoms with Crippen molar-refractivity contribution in [2.24, 2.45) is 0 Å². The van der Waals surface area contributed by atoms with E-state index >= 15 is 0 Å². The Morgan fingerprint density at radius 2 is 2.08 bits per heavy atom. The Hall–Kier alpha value is -0.650. The quantitative estimate of drug-likeness (QED) is 0.651. The molecule has 0 unspecified atom stereocenters. The predicted molar refractivity (Wildman–Crippen MR) is 43.2 cm³/mol. The minimum Gasteiger partial charge on any atom is -0.481 e. The van der Waals surface area contributed by atoms with Crippen LogP contribution in [0.4, 0.5) is 0 Å². The van der Waals surface area contributed by atoms with E-state index in [1.807, 2.05) is 0 Å². The number of carboxylic acids is 1. The minimum absolute atomic E-state index is 0.194. The topological polar surface area (TPSA) is 76.0 Å².